The van der Waals surface area contributed by atoms with E-state index in [-0.39, 0.29) is 35.1 Å². The molecular weight excluding hydrogens is 601 g/mol. The van der Waals surface area contributed by atoms with Crippen molar-refractivity contribution in [2.45, 2.75) is 46.1 Å². The van der Waals surface area contributed by atoms with Crippen molar-refractivity contribution in [3.8, 4) is 0 Å². The van der Waals surface area contributed by atoms with Crippen LogP contribution >= 0.6 is 11.6 Å². The number of anilines is 2. The number of nitrogens with one attached hydrogen (secondary N) is 1. The monoisotopic (exact) mass is 641 g/mol. The fourth-order valence-corrected chi connectivity index (χ4v) is 6.80. The molecule has 10 nitrogen and oxygen atoms in total. The molecule has 242 valence electrons. The first-order valence-electron chi connectivity index (χ1n) is 15.6. The quantitative estimate of drug-likeness (QED) is 0.445. The summed E-state index contributed by atoms with van der Waals surface area (Å²) in [6, 6.07) is 9.40. The van der Waals surface area contributed by atoms with E-state index in [9.17, 15) is 23.6 Å². The van der Waals surface area contributed by atoms with E-state index in [0.29, 0.717) is 68.1 Å². The van der Waals surface area contributed by atoms with Gasteiger partial charge in [0.2, 0.25) is 11.8 Å². The minimum atomic E-state index is -0.517. The summed E-state index contributed by atoms with van der Waals surface area (Å²) in [5, 5.41) is 3.15. The molecule has 5 rings (SSSR count). The Balaban J connectivity index is 1.15. The van der Waals surface area contributed by atoms with Gasteiger partial charge in [-0.25, -0.2) is 9.18 Å². The number of carbonyl (C=O) groups excluding carboxylic acids is 4. The van der Waals surface area contributed by atoms with Gasteiger partial charge in [0.25, 0.3) is 5.91 Å². The van der Waals surface area contributed by atoms with Crippen molar-refractivity contribution >= 4 is 46.8 Å². The summed E-state index contributed by atoms with van der Waals surface area (Å²) in [4.78, 5) is 57.6. The lowest BCUT2D eigenvalue weighted by Crippen LogP contribution is -2.43. The maximum absolute atomic E-state index is 13.8. The van der Waals surface area contributed by atoms with E-state index in [0.717, 1.165) is 31.6 Å². The van der Waals surface area contributed by atoms with E-state index in [1.165, 1.54) is 25.1 Å². The normalized spacial score (nSPS) is 20.2. The van der Waals surface area contributed by atoms with E-state index in [4.69, 9.17) is 16.3 Å². The first-order chi connectivity index (χ1) is 21.5. The molecule has 1 N–H and O–H groups in total. The van der Waals surface area contributed by atoms with Gasteiger partial charge in [-0.2, -0.15) is 0 Å². The number of nitrogens with zero attached hydrogens (tertiary/aromatic N) is 4. The van der Waals surface area contributed by atoms with Crippen LogP contribution in [0.15, 0.2) is 36.4 Å². The Hall–Kier alpha value is -3.70. The summed E-state index contributed by atoms with van der Waals surface area (Å²) in [7, 11) is 0. The maximum atomic E-state index is 13.8. The summed E-state index contributed by atoms with van der Waals surface area (Å²) in [6.07, 6.45) is 1.28. The summed E-state index contributed by atoms with van der Waals surface area (Å²) in [5.74, 6) is -0.428. The fourth-order valence-electron chi connectivity index (χ4n) is 6.63. The molecule has 0 radical (unpaired) electrons. The zero-order valence-corrected chi connectivity index (χ0v) is 26.8. The van der Waals surface area contributed by atoms with Crippen molar-refractivity contribution in [1.82, 2.24) is 14.7 Å². The second kappa shape index (κ2) is 14.2. The highest BCUT2D eigenvalue weighted by Gasteiger charge is 2.42. The highest BCUT2D eigenvalue weighted by atomic mass is 35.5. The van der Waals surface area contributed by atoms with Crippen molar-refractivity contribution in [1.29, 1.82) is 0 Å². The zero-order valence-electron chi connectivity index (χ0n) is 26.1. The fraction of sp³-hybridized carbons (Fsp3) is 0.515. The van der Waals surface area contributed by atoms with E-state index in [2.05, 4.69) is 10.2 Å². The van der Waals surface area contributed by atoms with Crippen LogP contribution in [0.3, 0.4) is 0 Å². The number of fused-ring (bicyclic) bond motifs is 1. The third-order valence-electron chi connectivity index (χ3n) is 9.07. The number of hydrogen-bond acceptors (Lipinski definition) is 6. The molecule has 2 unspecified atom stereocenters. The number of carbonyl (C=O) groups is 4. The molecule has 0 spiro atoms. The number of benzene rings is 2. The largest absolute Gasteiger partial charge is 0.446 e. The van der Waals surface area contributed by atoms with Gasteiger partial charge in [-0.15, -0.1) is 0 Å². The zero-order chi connectivity index (χ0) is 32.2. The average Bonchev–Trinajstić information content (AvgIpc) is 3.56. The number of hydrogen-bond donors (Lipinski definition) is 1. The van der Waals surface area contributed by atoms with Crippen LogP contribution in [0.1, 0.15) is 49.0 Å². The van der Waals surface area contributed by atoms with Crippen LogP contribution < -0.4 is 10.2 Å². The minimum absolute atomic E-state index is 0.0324. The Morgan fingerprint density at radius 1 is 0.978 bits per heavy atom. The van der Waals surface area contributed by atoms with Crippen molar-refractivity contribution in [2.24, 2.45) is 11.8 Å². The van der Waals surface area contributed by atoms with Crippen LogP contribution in [-0.2, 0) is 14.3 Å². The van der Waals surface area contributed by atoms with Crippen molar-refractivity contribution in [3.05, 3.63) is 58.4 Å². The van der Waals surface area contributed by atoms with Gasteiger partial charge in [-0.05, 0) is 67.6 Å². The van der Waals surface area contributed by atoms with Gasteiger partial charge in [0.05, 0.1) is 11.3 Å². The Bertz CT molecular complexity index is 1430. The van der Waals surface area contributed by atoms with Crippen molar-refractivity contribution in [3.63, 3.8) is 0 Å². The Labute approximate surface area is 268 Å². The summed E-state index contributed by atoms with van der Waals surface area (Å²) < 4.78 is 19.7. The van der Waals surface area contributed by atoms with Crippen molar-refractivity contribution in [2.75, 3.05) is 62.6 Å². The van der Waals surface area contributed by atoms with Gasteiger partial charge in [0, 0.05) is 83.2 Å². The second-order valence-corrected chi connectivity index (χ2v) is 12.8. The Morgan fingerprint density at radius 2 is 1.67 bits per heavy atom. The van der Waals surface area contributed by atoms with Crippen LogP contribution in [-0.4, -0.2) is 97.0 Å². The molecule has 3 aliphatic rings. The molecule has 2 aromatic rings. The third-order valence-corrected chi connectivity index (χ3v) is 9.48. The lowest BCUT2D eigenvalue weighted by atomic mass is 10.0. The molecular formula is C33H41ClFN5O5. The van der Waals surface area contributed by atoms with Gasteiger partial charge in [0.15, 0.2) is 0 Å². The second-order valence-electron chi connectivity index (χ2n) is 12.4. The Morgan fingerprint density at radius 3 is 2.29 bits per heavy atom. The van der Waals surface area contributed by atoms with Crippen LogP contribution in [0, 0.1) is 24.6 Å². The molecule has 0 bridgehead atoms. The van der Waals surface area contributed by atoms with E-state index in [1.54, 1.807) is 27.7 Å². The Kier molecular flexibility index (Phi) is 10.3. The molecule has 4 amide bonds. The molecule has 3 heterocycles. The summed E-state index contributed by atoms with van der Waals surface area (Å²) in [6.45, 7) is 10.1. The lowest BCUT2D eigenvalue weighted by Gasteiger charge is -2.32. The SMILES string of the molecule is CC(=O)Nc1cc(F)ccc1C(=O)N1CC2CN(CCCN(C(=O)OC3CCN(C(C)=O)CC3)c3ccc(C)c(Cl)c3)CC2C1. The topological polar surface area (TPSA) is 102 Å². The highest BCUT2D eigenvalue weighted by Crippen LogP contribution is 2.33. The maximum Gasteiger partial charge on any atom is 0.414 e. The molecule has 3 aliphatic heterocycles. The molecule has 0 aliphatic carbocycles. The van der Waals surface area contributed by atoms with Crippen LogP contribution in [0.2, 0.25) is 5.02 Å². The average molecular weight is 642 g/mol. The van der Waals surface area contributed by atoms with Gasteiger partial charge in [-0.1, -0.05) is 17.7 Å². The number of ether oxygens (including phenoxy) is 1. The van der Waals surface area contributed by atoms with Gasteiger partial charge < -0.3 is 24.8 Å². The molecule has 0 saturated carbocycles. The minimum Gasteiger partial charge on any atom is -0.446 e. The van der Waals surface area contributed by atoms with E-state index >= 15 is 0 Å². The van der Waals surface area contributed by atoms with Gasteiger partial charge in [-0.3, -0.25) is 19.3 Å². The number of piperidine rings is 1. The number of likely N-dealkylation sites (tertiary alicyclic amines) is 3. The van der Waals surface area contributed by atoms with Crippen LogP contribution in [0.4, 0.5) is 20.6 Å². The number of aryl methyl sites for hydroxylation is 1. The molecule has 3 saturated heterocycles. The number of rotatable bonds is 8. The van der Waals surface area contributed by atoms with Crippen LogP contribution in [0.25, 0.3) is 0 Å². The number of amides is 4. The third kappa shape index (κ3) is 7.94. The predicted octanol–water partition coefficient (Wildman–Crippen LogP) is 4.79. The lowest BCUT2D eigenvalue weighted by molar-refractivity contribution is -0.130. The molecule has 0 aromatic heterocycles. The van der Waals surface area contributed by atoms with Crippen molar-refractivity contribution < 1.29 is 28.3 Å². The first kappa shape index (κ1) is 32.7. The van der Waals surface area contributed by atoms with Gasteiger partial charge in [0.1, 0.15) is 11.9 Å². The van der Waals surface area contributed by atoms with Gasteiger partial charge >= 0.3 is 6.09 Å². The molecule has 45 heavy (non-hydrogen) atoms. The molecule has 2 atom stereocenters. The van der Waals surface area contributed by atoms with E-state index in [1.807, 2.05) is 19.1 Å². The summed E-state index contributed by atoms with van der Waals surface area (Å²) in [5.41, 5.74) is 2.08. The smallest absolute Gasteiger partial charge is 0.414 e. The summed E-state index contributed by atoms with van der Waals surface area (Å²) >= 11 is 6.42. The van der Waals surface area contributed by atoms with E-state index < -0.39 is 11.9 Å². The first-order valence-corrected chi connectivity index (χ1v) is 15.9. The predicted molar refractivity (Wildman–Crippen MR) is 170 cm³/mol. The highest BCUT2D eigenvalue weighted by molar-refractivity contribution is 6.31. The number of halogens is 2. The molecule has 3 fully saturated rings. The standard InChI is InChI=1S/C33H41ClFN5O5/c1-21-5-7-27(16-30(21)34)40(33(44)45-28-9-13-38(14-10-28)23(3)42)12-4-11-37-17-24-19-39(20-25(24)18-37)32(43)29-8-6-26(35)15-31(29)36-22(2)41/h5-8,15-16,24-25,28H,4,9-14,17-20H2,1-3H3,(H,36,41). The molecule has 12 heteroatoms. The molecule has 2 aromatic carbocycles. The van der Waals surface area contributed by atoms with Crippen LogP contribution in [0.5, 0.6) is 0 Å².